The molecule has 1 amide bonds. The third kappa shape index (κ3) is 2.65. The molecule has 19 heavy (non-hydrogen) atoms. The molecule has 1 aromatic carbocycles. The number of carbonyl (C=O) groups is 1. The van der Waals surface area contributed by atoms with Gasteiger partial charge >= 0.3 is 0 Å². The highest BCUT2D eigenvalue weighted by Crippen LogP contribution is 2.23. The molecular weight excluding hydrogens is 238 g/mol. The molecule has 3 heteroatoms. The van der Waals surface area contributed by atoms with E-state index in [4.69, 9.17) is 4.42 Å². The van der Waals surface area contributed by atoms with E-state index in [0.29, 0.717) is 12.5 Å². The van der Waals surface area contributed by atoms with Crippen LogP contribution in [0.25, 0.3) is 11.0 Å². The first-order valence-corrected chi connectivity index (χ1v) is 6.98. The Morgan fingerprint density at radius 2 is 2.16 bits per heavy atom. The fraction of sp³-hybridized carbons (Fsp3) is 0.438. The third-order valence-corrected chi connectivity index (χ3v) is 3.88. The largest absolute Gasteiger partial charge is 0.464 e. The molecule has 0 unspecified atom stereocenters. The summed E-state index contributed by atoms with van der Waals surface area (Å²) in [6.45, 7) is 2.04. The molecule has 1 aliphatic carbocycles. The van der Waals surface area contributed by atoms with Crippen LogP contribution in [-0.2, 0) is 11.2 Å². The summed E-state index contributed by atoms with van der Waals surface area (Å²) in [5.41, 5.74) is 3.01. The zero-order valence-corrected chi connectivity index (χ0v) is 11.2. The van der Waals surface area contributed by atoms with Crippen molar-refractivity contribution in [3.63, 3.8) is 0 Å². The van der Waals surface area contributed by atoms with Crippen LogP contribution in [-0.4, -0.2) is 11.9 Å². The summed E-state index contributed by atoms with van der Waals surface area (Å²) in [4.78, 5) is 12.0. The fourth-order valence-corrected chi connectivity index (χ4v) is 2.85. The van der Waals surface area contributed by atoms with Crippen LogP contribution in [0.5, 0.6) is 0 Å². The highest BCUT2D eigenvalue weighted by Gasteiger charge is 2.18. The third-order valence-electron chi connectivity index (χ3n) is 3.88. The van der Waals surface area contributed by atoms with E-state index in [9.17, 15) is 4.79 Å². The Morgan fingerprint density at radius 1 is 1.37 bits per heavy atom. The van der Waals surface area contributed by atoms with Crippen LogP contribution in [0.3, 0.4) is 0 Å². The van der Waals surface area contributed by atoms with Gasteiger partial charge in [0, 0.05) is 17.0 Å². The van der Waals surface area contributed by atoms with E-state index in [1.807, 2.05) is 19.1 Å². The average Bonchev–Trinajstić information content (AvgIpc) is 2.99. The summed E-state index contributed by atoms with van der Waals surface area (Å²) in [6, 6.07) is 6.48. The van der Waals surface area contributed by atoms with Crippen LogP contribution in [0.1, 0.15) is 36.8 Å². The molecule has 0 aliphatic heterocycles. The maximum Gasteiger partial charge on any atom is 0.224 e. The second kappa shape index (κ2) is 5.08. The molecule has 100 valence electrons. The van der Waals surface area contributed by atoms with Crippen LogP contribution < -0.4 is 5.32 Å². The molecule has 1 fully saturated rings. The molecule has 1 N–H and O–H groups in total. The molecular formula is C16H19NO2. The van der Waals surface area contributed by atoms with Gasteiger partial charge in [0.05, 0.1) is 12.7 Å². The van der Waals surface area contributed by atoms with Crippen LogP contribution in [0.2, 0.25) is 0 Å². The minimum absolute atomic E-state index is 0.107. The van der Waals surface area contributed by atoms with Crippen molar-refractivity contribution in [2.45, 2.75) is 45.1 Å². The van der Waals surface area contributed by atoms with E-state index in [0.717, 1.165) is 29.4 Å². The lowest BCUT2D eigenvalue weighted by Crippen LogP contribution is -2.33. The number of hydrogen-bond donors (Lipinski definition) is 1. The molecule has 0 radical (unpaired) electrons. The summed E-state index contributed by atoms with van der Waals surface area (Å²) < 4.78 is 5.52. The van der Waals surface area contributed by atoms with E-state index in [1.54, 1.807) is 6.26 Å². The summed E-state index contributed by atoms with van der Waals surface area (Å²) in [5.74, 6) is 0.107. The van der Waals surface area contributed by atoms with E-state index in [2.05, 4.69) is 11.4 Å². The van der Waals surface area contributed by atoms with E-state index in [-0.39, 0.29) is 5.91 Å². The van der Waals surface area contributed by atoms with Gasteiger partial charge in [-0.25, -0.2) is 0 Å². The van der Waals surface area contributed by atoms with Crippen molar-refractivity contribution in [1.82, 2.24) is 5.32 Å². The van der Waals surface area contributed by atoms with Gasteiger partial charge in [-0.05, 0) is 31.4 Å². The Kier molecular flexibility index (Phi) is 3.28. The Morgan fingerprint density at radius 3 is 2.95 bits per heavy atom. The molecule has 1 aliphatic rings. The lowest BCUT2D eigenvalue weighted by Gasteiger charge is -2.11. The Balaban J connectivity index is 1.72. The number of hydrogen-bond acceptors (Lipinski definition) is 2. The molecule has 0 spiro atoms. The summed E-state index contributed by atoms with van der Waals surface area (Å²) in [7, 11) is 0. The van der Waals surface area contributed by atoms with Gasteiger partial charge in [-0.15, -0.1) is 0 Å². The van der Waals surface area contributed by atoms with Crippen LogP contribution in [0.4, 0.5) is 0 Å². The van der Waals surface area contributed by atoms with Gasteiger partial charge in [-0.1, -0.05) is 25.0 Å². The normalized spacial score (nSPS) is 16.1. The fourth-order valence-electron chi connectivity index (χ4n) is 2.85. The lowest BCUT2D eigenvalue weighted by atomic mass is 10.1. The van der Waals surface area contributed by atoms with Crippen LogP contribution in [0.15, 0.2) is 28.9 Å². The lowest BCUT2D eigenvalue weighted by molar-refractivity contribution is -0.121. The predicted octanol–water partition coefficient (Wildman–Crippen LogP) is 3.34. The van der Waals surface area contributed by atoms with Crippen molar-refractivity contribution in [3.05, 3.63) is 35.6 Å². The number of rotatable bonds is 3. The standard InChI is InChI=1S/C16H19NO2/c1-11-6-7-14-12(10-19-15(14)8-11)9-16(18)17-13-4-2-3-5-13/h6-8,10,13H,2-5,9H2,1H3,(H,17,18). The molecule has 1 aromatic heterocycles. The topological polar surface area (TPSA) is 42.2 Å². The smallest absolute Gasteiger partial charge is 0.224 e. The second-order valence-electron chi connectivity index (χ2n) is 5.49. The number of furan rings is 1. The average molecular weight is 257 g/mol. The molecule has 1 saturated carbocycles. The van der Waals surface area contributed by atoms with Crippen LogP contribution in [0, 0.1) is 6.92 Å². The molecule has 2 aromatic rings. The molecule has 0 bridgehead atoms. The first kappa shape index (κ1) is 12.3. The minimum Gasteiger partial charge on any atom is -0.464 e. The van der Waals surface area contributed by atoms with Gasteiger partial charge in [0.15, 0.2) is 0 Å². The van der Waals surface area contributed by atoms with Gasteiger partial charge in [0.25, 0.3) is 0 Å². The quantitative estimate of drug-likeness (QED) is 0.916. The van der Waals surface area contributed by atoms with Crippen molar-refractivity contribution in [1.29, 1.82) is 0 Å². The van der Waals surface area contributed by atoms with E-state index < -0.39 is 0 Å². The van der Waals surface area contributed by atoms with E-state index in [1.165, 1.54) is 18.4 Å². The number of fused-ring (bicyclic) bond motifs is 1. The van der Waals surface area contributed by atoms with Gasteiger partial charge in [-0.3, -0.25) is 4.79 Å². The Labute approximate surface area is 113 Å². The summed E-state index contributed by atoms with van der Waals surface area (Å²) in [5, 5.41) is 4.16. The maximum atomic E-state index is 12.0. The summed E-state index contributed by atoms with van der Waals surface area (Å²) >= 11 is 0. The van der Waals surface area contributed by atoms with Crippen molar-refractivity contribution >= 4 is 16.9 Å². The van der Waals surface area contributed by atoms with Gasteiger partial charge in [0.1, 0.15) is 5.58 Å². The highest BCUT2D eigenvalue weighted by molar-refractivity contribution is 5.88. The monoisotopic (exact) mass is 257 g/mol. The predicted molar refractivity (Wildman–Crippen MR) is 75.1 cm³/mol. The summed E-state index contributed by atoms with van der Waals surface area (Å²) in [6.07, 6.45) is 6.83. The van der Waals surface area contributed by atoms with E-state index >= 15 is 0 Å². The Hall–Kier alpha value is -1.77. The number of nitrogens with one attached hydrogen (secondary N) is 1. The Bertz CT molecular complexity index is 594. The van der Waals surface area contributed by atoms with Crippen molar-refractivity contribution in [2.24, 2.45) is 0 Å². The molecule has 0 atom stereocenters. The van der Waals surface area contributed by atoms with Gasteiger partial charge in [-0.2, -0.15) is 0 Å². The maximum absolute atomic E-state index is 12.0. The molecule has 0 saturated heterocycles. The first-order chi connectivity index (χ1) is 9.22. The number of amides is 1. The van der Waals surface area contributed by atoms with Gasteiger partial charge < -0.3 is 9.73 Å². The molecule has 3 nitrogen and oxygen atoms in total. The van der Waals surface area contributed by atoms with Crippen molar-refractivity contribution in [3.8, 4) is 0 Å². The number of aryl methyl sites for hydroxylation is 1. The molecule has 3 rings (SSSR count). The van der Waals surface area contributed by atoms with Crippen molar-refractivity contribution < 1.29 is 9.21 Å². The zero-order valence-electron chi connectivity index (χ0n) is 11.2. The SMILES string of the molecule is Cc1ccc2c(CC(=O)NC3CCCC3)coc2c1. The van der Waals surface area contributed by atoms with Gasteiger partial charge in [0.2, 0.25) is 5.91 Å². The zero-order chi connectivity index (χ0) is 13.2. The van der Waals surface area contributed by atoms with Crippen LogP contribution >= 0.6 is 0 Å². The van der Waals surface area contributed by atoms with Crippen molar-refractivity contribution in [2.75, 3.05) is 0 Å². The number of benzene rings is 1. The second-order valence-corrected chi connectivity index (χ2v) is 5.49. The first-order valence-electron chi connectivity index (χ1n) is 6.98. The molecule has 1 heterocycles. The highest BCUT2D eigenvalue weighted by atomic mass is 16.3. The number of carbonyl (C=O) groups excluding carboxylic acids is 1. The minimum atomic E-state index is 0.107.